The summed E-state index contributed by atoms with van der Waals surface area (Å²) in [5, 5.41) is 9.91. The van der Waals surface area contributed by atoms with Crippen LogP contribution in [0.3, 0.4) is 0 Å². The van der Waals surface area contributed by atoms with Crippen molar-refractivity contribution >= 4 is 17.6 Å². The number of rotatable bonds is 4. The summed E-state index contributed by atoms with van der Waals surface area (Å²) < 4.78 is 0. The maximum Gasteiger partial charge on any atom is 0.320 e. The quantitative estimate of drug-likeness (QED) is 0.912. The van der Waals surface area contributed by atoms with Crippen LogP contribution >= 0.6 is 11.6 Å². The second-order valence-electron chi connectivity index (χ2n) is 4.79. The summed E-state index contributed by atoms with van der Waals surface area (Å²) >= 11 is 5.87. The first-order valence-corrected chi connectivity index (χ1v) is 6.72. The first-order valence-electron chi connectivity index (χ1n) is 6.34. The van der Waals surface area contributed by atoms with Gasteiger partial charge in [0.2, 0.25) is 0 Å². The van der Waals surface area contributed by atoms with Gasteiger partial charge in [-0.25, -0.2) is 0 Å². The summed E-state index contributed by atoms with van der Waals surface area (Å²) in [6.45, 7) is 3.61. The van der Waals surface area contributed by atoms with Gasteiger partial charge in [-0.3, -0.25) is 9.69 Å². The van der Waals surface area contributed by atoms with E-state index in [1.54, 1.807) is 0 Å². The molecule has 98 valence electrons. The molecule has 0 aromatic heterocycles. The maximum absolute atomic E-state index is 11.1. The van der Waals surface area contributed by atoms with Crippen molar-refractivity contribution in [3.63, 3.8) is 0 Å². The molecule has 0 saturated carbocycles. The van der Waals surface area contributed by atoms with Crippen molar-refractivity contribution in [3.8, 4) is 0 Å². The number of nitrogens with zero attached hydrogens (tertiary/aromatic N) is 1. The number of carbonyl (C=O) groups is 1. The third-order valence-corrected chi connectivity index (χ3v) is 3.93. The molecule has 1 saturated heterocycles. The highest BCUT2D eigenvalue weighted by molar-refractivity contribution is 6.30. The molecule has 0 radical (unpaired) electrons. The molecular formula is C14H18ClNO2. The Kier molecular flexibility index (Phi) is 4.25. The van der Waals surface area contributed by atoms with E-state index in [-0.39, 0.29) is 6.04 Å². The molecule has 0 aliphatic carbocycles. The average molecular weight is 268 g/mol. The van der Waals surface area contributed by atoms with Gasteiger partial charge in [0.25, 0.3) is 0 Å². The number of hydrogen-bond donors (Lipinski definition) is 1. The molecule has 0 spiro atoms. The lowest BCUT2D eigenvalue weighted by atomic mass is 9.99. The standard InChI is InChI=1S/C14H18ClNO2/c1-2-13(14(17)18)16-8-7-11(9-16)10-3-5-12(15)6-4-10/h3-6,11,13H,2,7-9H2,1H3,(H,17,18)/t11-,13+/m1/s1. The molecule has 1 N–H and O–H groups in total. The number of hydrogen-bond acceptors (Lipinski definition) is 2. The molecule has 18 heavy (non-hydrogen) atoms. The van der Waals surface area contributed by atoms with Gasteiger partial charge in [0.15, 0.2) is 0 Å². The number of carboxylic acids is 1. The molecular weight excluding hydrogens is 250 g/mol. The van der Waals surface area contributed by atoms with Gasteiger partial charge in [0, 0.05) is 11.6 Å². The van der Waals surface area contributed by atoms with Gasteiger partial charge in [-0.2, -0.15) is 0 Å². The van der Waals surface area contributed by atoms with E-state index in [0.29, 0.717) is 12.3 Å². The van der Waals surface area contributed by atoms with Crippen molar-refractivity contribution in [2.24, 2.45) is 0 Å². The zero-order valence-electron chi connectivity index (χ0n) is 10.5. The van der Waals surface area contributed by atoms with Gasteiger partial charge < -0.3 is 5.11 Å². The first kappa shape index (κ1) is 13.4. The smallest absolute Gasteiger partial charge is 0.320 e. The van der Waals surface area contributed by atoms with Gasteiger partial charge in [-0.1, -0.05) is 30.7 Å². The van der Waals surface area contributed by atoms with Gasteiger partial charge in [-0.15, -0.1) is 0 Å². The molecule has 1 heterocycles. The van der Waals surface area contributed by atoms with E-state index in [1.807, 2.05) is 31.2 Å². The van der Waals surface area contributed by atoms with Crippen molar-refractivity contribution < 1.29 is 9.90 Å². The molecule has 2 atom stereocenters. The van der Waals surface area contributed by atoms with Crippen molar-refractivity contribution in [2.75, 3.05) is 13.1 Å². The number of aliphatic carboxylic acids is 1. The van der Waals surface area contributed by atoms with E-state index in [0.717, 1.165) is 24.5 Å². The predicted molar refractivity (Wildman–Crippen MR) is 72.1 cm³/mol. The van der Waals surface area contributed by atoms with E-state index < -0.39 is 5.97 Å². The minimum absolute atomic E-state index is 0.345. The molecule has 2 rings (SSSR count). The average Bonchev–Trinajstić information content (AvgIpc) is 2.80. The zero-order valence-corrected chi connectivity index (χ0v) is 11.2. The highest BCUT2D eigenvalue weighted by Crippen LogP contribution is 2.29. The topological polar surface area (TPSA) is 40.5 Å². The molecule has 0 amide bonds. The fourth-order valence-corrected chi connectivity index (χ4v) is 2.79. The molecule has 3 nitrogen and oxygen atoms in total. The van der Waals surface area contributed by atoms with Crippen molar-refractivity contribution in [2.45, 2.75) is 31.7 Å². The number of likely N-dealkylation sites (tertiary alicyclic amines) is 1. The van der Waals surface area contributed by atoms with Crippen LogP contribution < -0.4 is 0 Å². The molecule has 1 fully saturated rings. The van der Waals surface area contributed by atoms with E-state index in [1.165, 1.54) is 5.56 Å². The van der Waals surface area contributed by atoms with Crippen LogP contribution in [0.5, 0.6) is 0 Å². The van der Waals surface area contributed by atoms with Gasteiger partial charge in [-0.05, 0) is 43.0 Å². The summed E-state index contributed by atoms with van der Waals surface area (Å²) in [4.78, 5) is 13.2. The van der Waals surface area contributed by atoms with Crippen LogP contribution in [-0.4, -0.2) is 35.1 Å². The second kappa shape index (κ2) is 5.72. The highest BCUT2D eigenvalue weighted by Gasteiger charge is 2.31. The Morgan fingerprint density at radius 2 is 2.17 bits per heavy atom. The van der Waals surface area contributed by atoms with E-state index in [4.69, 9.17) is 16.7 Å². The van der Waals surface area contributed by atoms with E-state index in [2.05, 4.69) is 4.90 Å². The minimum atomic E-state index is -0.714. The fourth-order valence-electron chi connectivity index (χ4n) is 2.67. The molecule has 4 heteroatoms. The summed E-state index contributed by atoms with van der Waals surface area (Å²) in [6.07, 6.45) is 1.67. The van der Waals surface area contributed by atoms with Crippen LogP contribution in [0.2, 0.25) is 5.02 Å². The van der Waals surface area contributed by atoms with Crippen LogP contribution in [0.15, 0.2) is 24.3 Å². The van der Waals surface area contributed by atoms with Crippen LogP contribution in [0.1, 0.15) is 31.2 Å². The summed E-state index contributed by atoms with van der Waals surface area (Å²) in [7, 11) is 0. The summed E-state index contributed by atoms with van der Waals surface area (Å²) in [5.41, 5.74) is 1.25. The monoisotopic (exact) mass is 267 g/mol. The van der Waals surface area contributed by atoms with Gasteiger partial charge >= 0.3 is 5.97 Å². The van der Waals surface area contributed by atoms with Crippen LogP contribution in [-0.2, 0) is 4.79 Å². The Bertz CT molecular complexity index is 418. The van der Waals surface area contributed by atoms with E-state index >= 15 is 0 Å². The minimum Gasteiger partial charge on any atom is -0.480 e. The molecule has 1 aromatic carbocycles. The third kappa shape index (κ3) is 2.85. The van der Waals surface area contributed by atoms with Crippen molar-refractivity contribution in [1.29, 1.82) is 0 Å². The number of benzene rings is 1. The molecule has 0 unspecified atom stereocenters. The summed E-state index contributed by atoms with van der Waals surface area (Å²) in [5.74, 6) is -0.287. The first-order chi connectivity index (χ1) is 8.61. The molecule has 1 aliphatic heterocycles. The second-order valence-corrected chi connectivity index (χ2v) is 5.23. The molecule has 1 aromatic rings. The Labute approximate surface area is 112 Å². The number of halogens is 1. The highest BCUT2D eigenvalue weighted by atomic mass is 35.5. The lowest BCUT2D eigenvalue weighted by Crippen LogP contribution is -2.39. The van der Waals surface area contributed by atoms with Crippen molar-refractivity contribution in [1.82, 2.24) is 4.90 Å². The lowest BCUT2D eigenvalue weighted by Gasteiger charge is -2.23. The Hall–Kier alpha value is -1.06. The fraction of sp³-hybridized carbons (Fsp3) is 0.500. The number of carboxylic acid groups (broad SMARTS) is 1. The largest absolute Gasteiger partial charge is 0.480 e. The molecule has 1 aliphatic rings. The normalized spacial score (nSPS) is 22.0. The predicted octanol–water partition coefficient (Wildman–Crippen LogP) is 2.99. The van der Waals surface area contributed by atoms with Crippen LogP contribution in [0.25, 0.3) is 0 Å². The van der Waals surface area contributed by atoms with Gasteiger partial charge in [0.05, 0.1) is 0 Å². The van der Waals surface area contributed by atoms with Crippen LogP contribution in [0.4, 0.5) is 0 Å². The summed E-state index contributed by atoms with van der Waals surface area (Å²) in [6, 6.07) is 7.53. The van der Waals surface area contributed by atoms with Gasteiger partial charge in [0.1, 0.15) is 6.04 Å². The SMILES string of the molecule is CC[C@@H](C(=O)O)N1CC[C@@H](c2ccc(Cl)cc2)C1. The van der Waals surface area contributed by atoms with Crippen LogP contribution in [0, 0.1) is 0 Å². The lowest BCUT2D eigenvalue weighted by molar-refractivity contribution is -0.143. The third-order valence-electron chi connectivity index (χ3n) is 3.67. The zero-order chi connectivity index (χ0) is 13.1. The maximum atomic E-state index is 11.1. The van der Waals surface area contributed by atoms with Crippen molar-refractivity contribution in [3.05, 3.63) is 34.9 Å². The Morgan fingerprint density at radius 1 is 1.50 bits per heavy atom. The Morgan fingerprint density at radius 3 is 2.72 bits per heavy atom. The molecule has 0 bridgehead atoms. The van der Waals surface area contributed by atoms with E-state index in [9.17, 15) is 4.79 Å². The Balaban J connectivity index is 2.04.